The van der Waals surface area contributed by atoms with E-state index in [4.69, 9.17) is 5.73 Å². The molecule has 0 aromatic heterocycles. The molecule has 0 amide bonds. The fourth-order valence-electron chi connectivity index (χ4n) is 2.75. The van der Waals surface area contributed by atoms with Gasteiger partial charge in [0.25, 0.3) is 0 Å². The van der Waals surface area contributed by atoms with Crippen molar-refractivity contribution >= 4 is 0 Å². The van der Waals surface area contributed by atoms with Gasteiger partial charge in [-0.25, -0.2) is 0 Å². The van der Waals surface area contributed by atoms with Crippen molar-refractivity contribution in [2.45, 2.75) is 51.5 Å². The van der Waals surface area contributed by atoms with E-state index >= 15 is 0 Å². The molecule has 2 aliphatic carbocycles. The van der Waals surface area contributed by atoms with Gasteiger partial charge in [-0.05, 0) is 37.5 Å². The highest BCUT2D eigenvalue weighted by molar-refractivity contribution is 5.16. The Kier molecular flexibility index (Phi) is 2.73. The van der Waals surface area contributed by atoms with Crippen molar-refractivity contribution in [3.8, 4) is 0 Å². The summed E-state index contributed by atoms with van der Waals surface area (Å²) in [7, 11) is 0. The molecule has 0 heterocycles. The maximum Gasteiger partial charge on any atom is 0.0229 e. The van der Waals surface area contributed by atoms with Crippen LogP contribution in [0.2, 0.25) is 0 Å². The van der Waals surface area contributed by atoms with E-state index in [1.165, 1.54) is 38.5 Å². The van der Waals surface area contributed by atoms with Crippen LogP contribution < -0.4 is 5.73 Å². The van der Waals surface area contributed by atoms with Gasteiger partial charge in [-0.1, -0.05) is 31.4 Å². The number of rotatable bonds is 1. The summed E-state index contributed by atoms with van der Waals surface area (Å²) in [6, 6.07) is 0.370. The molecular weight excluding hydrogens is 158 g/mol. The minimum absolute atomic E-state index is 0.370. The molecular formula is C12H21N. The van der Waals surface area contributed by atoms with Gasteiger partial charge in [-0.2, -0.15) is 0 Å². The van der Waals surface area contributed by atoms with Crippen LogP contribution >= 0.6 is 0 Å². The van der Waals surface area contributed by atoms with E-state index in [0.29, 0.717) is 6.04 Å². The van der Waals surface area contributed by atoms with Crippen LogP contribution in [-0.2, 0) is 0 Å². The van der Waals surface area contributed by atoms with Crippen LogP contribution in [0.25, 0.3) is 0 Å². The van der Waals surface area contributed by atoms with Crippen LogP contribution in [-0.4, -0.2) is 6.04 Å². The lowest BCUT2D eigenvalue weighted by atomic mass is 9.79. The van der Waals surface area contributed by atoms with Gasteiger partial charge in [0.2, 0.25) is 0 Å². The lowest BCUT2D eigenvalue weighted by molar-refractivity contribution is 0.317. The lowest BCUT2D eigenvalue weighted by Gasteiger charge is -2.27. The van der Waals surface area contributed by atoms with E-state index in [1.807, 2.05) is 0 Å². The zero-order valence-electron chi connectivity index (χ0n) is 8.63. The summed E-state index contributed by atoms with van der Waals surface area (Å²) in [4.78, 5) is 0. The van der Waals surface area contributed by atoms with Gasteiger partial charge < -0.3 is 5.73 Å². The van der Waals surface area contributed by atoms with Crippen molar-refractivity contribution in [2.75, 3.05) is 0 Å². The van der Waals surface area contributed by atoms with E-state index in [-0.39, 0.29) is 0 Å². The summed E-state index contributed by atoms with van der Waals surface area (Å²) in [5.41, 5.74) is 7.56. The molecule has 2 aliphatic rings. The third-order valence-electron chi connectivity index (χ3n) is 3.73. The molecule has 2 rings (SSSR count). The van der Waals surface area contributed by atoms with Crippen LogP contribution in [0.1, 0.15) is 45.4 Å². The van der Waals surface area contributed by atoms with E-state index < -0.39 is 0 Å². The fourth-order valence-corrected chi connectivity index (χ4v) is 2.75. The second kappa shape index (κ2) is 3.83. The Labute approximate surface area is 81.4 Å². The van der Waals surface area contributed by atoms with Gasteiger partial charge in [0.1, 0.15) is 0 Å². The smallest absolute Gasteiger partial charge is 0.0229 e. The highest BCUT2D eigenvalue weighted by atomic mass is 14.6. The highest BCUT2D eigenvalue weighted by Gasteiger charge is 2.24. The summed E-state index contributed by atoms with van der Waals surface area (Å²) < 4.78 is 0. The van der Waals surface area contributed by atoms with Crippen molar-refractivity contribution in [2.24, 2.45) is 17.6 Å². The van der Waals surface area contributed by atoms with E-state index in [9.17, 15) is 0 Å². The van der Waals surface area contributed by atoms with E-state index in [0.717, 1.165) is 11.8 Å². The van der Waals surface area contributed by atoms with E-state index in [2.05, 4.69) is 13.0 Å². The third kappa shape index (κ3) is 2.14. The van der Waals surface area contributed by atoms with Crippen LogP contribution in [0.4, 0.5) is 0 Å². The number of nitrogens with two attached hydrogens (primary N) is 1. The van der Waals surface area contributed by atoms with Crippen molar-refractivity contribution < 1.29 is 0 Å². The minimum atomic E-state index is 0.370. The first-order chi connectivity index (χ1) is 6.25. The monoisotopic (exact) mass is 179 g/mol. The molecule has 2 N–H and O–H groups in total. The fraction of sp³-hybridized carbons (Fsp3) is 0.833. The molecule has 1 fully saturated rings. The van der Waals surface area contributed by atoms with Gasteiger partial charge in [0.15, 0.2) is 0 Å². The molecule has 0 aromatic rings. The average molecular weight is 179 g/mol. The van der Waals surface area contributed by atoms with Crippen LogP contribution in [0.5, 0.6) is 0 Å². The maximum absolute atomic E-state index is 5.88. The highest BCUT2D eigenvalue weighted by Crippen LogP contribution is 2.36. The van der Waals surface area contributed by atoms with Crippen molar-refractivity contribution in [1.29, 1.82) is 0 Å². The molecule has 0 radical (unpaired) electrons. The predicted octanol–water partition coefficient (Wildman–Crippen LogP) is 2.86. The maximum atomic E-state index is 5.88. The Morgan fingerprint density at radius 1 is 1.15 bits per heavy atom. The molecule has 1 unspecified atom stereocenters. The number of hydrogen-bond acceptors (Lipinski definition) is 1. The molecule has 1 atom stereocenters. The second-order valence-corrected chi connectivity index (χ2v) is 4.90. The molecule has 0 aromatic carbocycles. The first kappa shape index (κ1) is 9.26. The van der Waals surface area contributed by atoms with Gasteiger partial charge in [0, 0.05) is 6.04 Å². The normalized spacial score (nSPS) is 40.5. The van der Waals surface area contributed by atoms with E-state index in [1.54, 1.807) is 5.57 Å². The summed E-state index contributed by atoms with van der Waals surface area (Å²) in [6.07, 6.45) is 10.5. The standard InChI is InChI=1S/C12H21N/c1-9-2-4-10(5-3-9)11-6-7-12(13)8-11/h8-10,12H,2-7,13H2,1H3. The number of hydrogen-bond donors (Lipinski definition) is 1. The SMILES string of the molecule is CC1CCC(C2=CC(N)CC2)CC1. The van der Waals surface area contributed by atoms with Crippen molar-refractivity contribution in [3.05, 3.63) is 11.6 Å². The molecule has 74 valence electrons. The molecule has 0 saturated heterocycles. The lowest BCUT2D eigenvalue weighted by Crippen LogP contribution is -2.14. The Balaban J connectivity index is 1.91. The molecule has 13 heavy (non-hydrogen) atoms. The summed E-state index contributed by atoms with van der Waals surface area (Å²) in [5.74, 6) is 1.86. The zero-order chi connectivity index (χ0) is 9.26. The van der Waals surface area contributed by atoms with Gasteiger partial charge in [-0.15, -0.1) is 0 Å². The number of allylic oxidation sites excluding steroid dienone is 1. The Bertz CT molecular complexity index is 199. The Morgan fingerprint density at radius 3 is 2.38 bits per heavy atom. The second-order valence-electron chi connectivity index (χ2n) is 4.90. The largest absolute Gasteiger partial charge is 0.324 e. The average Bonchev–Trinajstić information content (AvgIpc) is 2.53. The molecule has 1 heteroatoms. The van der Waals surface area contributed by atoms with Crippen LogP contribution in [0, 0.1) is 11.8 Å². The Morgan fingerprint density at radius 2 is 1.85 bits per heavy atom. The summed E-state index contributed by atoms with van der Waals surface area (Å²) in [6.45, 7) is 2.38. The first-order valence-corrected chi connectivity index (χ1v) is 5.72. The minimum Gasteiger partial charge on any atom is -0.324 e. The topological polar surface area (TPSA) is 26.0 Å². The quantitative estimate of drug-likeness (QED) is 0.615. The molecule has 1 nitrogen and oxygen atoms in total. The van der Waals surface area contributed by atoms with Crippen LogP contribution in [0.15, 0.2) is 11.6 Å². The molecule has 1 saturated carbocycles. The molecule has 0 spiro atoms. The summed E-state index contributed by atoms with van der Waals surface area (Å²) in [5, 5.41) is 0. The van der Waals surface area contributed by atoms with Gasteiger partial charge in [-0.3, -0.25) is 0 Å². The van der Waals surface area contributed by atoms with Gasteiger partial charge >= 0.3 is 0 Å². The molecule has 0 aliphatic heterocycles. The predicted molar refractivity (Wildman–Crippen MR) is 56.4 cm³/mol. The Hall–Kier alpha value is -0.300. The third-order valence-corrected chi connectivity index (χ3v) is 3.73. The van der Waals surface area contributed by atoms with Crippen molar-refractivity contribution in [1.82, 2.24) is 0 Å². The first-order valence-electron chi connectivity index (χ1n) is 5.72. The van der Waals surface area contributed by atoms with Gasteiger partial charge in [0.05, 0.1) is 0 Å². The van der Waals surface area contributed by atoms with Crippen LogP contribution in [0.3, 0.4) is 0 Å². The van der Waals surface area contributed by atoms with Crippen molar-refractivity contribution in [3.63, 3.8) is 0 Å². The zero-order valence-corrected chi connectivity index (χ0v) is 8.63. The molecule has 0 bridgehead atoms. The summed E-state index contributed by atoms with van der Waals surface area (Å²) >= 11 is 0.